The summed E-state index contributed by atoms with van der Waals surface area (Å²) in [5, 5.41) is 8.09. The van der Waals surface area contributed by atoms with Crippen LogP contribution in [0.2, 0.25) is 0 Å². The monoisotopic (exact) mass is 453 g/mol. The van der Waals surface area contributed by atoms with Crippen molar-refractivity contribution in [1.29, 1.82) is 0 Å². The zero-order valence-corrected chi connectivity index (χ0v) is 19.8. The Hall–Kier alpha value is -3.64. The van der Waals surface area contributed by atoms with Gasteiger partial charge in [-0.2, -0.15) is 5.10 Å². The number of piperidine rings is 1. The molecule has 1 fully saturated rings. The van der Waals surface area contributed by atoms with Crippen molar-refractivity contribution < 1.29 is 4.79 Å². The van der Waals surface area contributed by atoms with Crippen molar-refractivity contribution in [3.8, 4) is 17.1 Å². The summed E-state index contributed by atoms with van der Waals surface area (Å²) >= 11 is 0. The van der Waals surface area contributed by atoms with E-state index < -0.39 is 0 Å². The third-order valence-corrected chi connectivity index (χ3v) is 6.60. The van der Waals surface area contributed by atoms with Gasteiger partial charge in [-0.25, -0.2) is 4.68 Å². The Labute approximate surface area is 200 Å². The van der Waals surface area contributed by atoms with E-state index in [0.717, 1.165) is 49.6 Å². The van der Waals surface area contributed by atoms with Gasteiger partial charge >= 0.3 is 0 Å². The third-order valence-electron chi connectivity index (χ3n) is 6.60. The summed E-state index contributed by atoms with van der Waals surface area (Å²) < 4.78 is 3.79. The lowest BCUT2D eigenvalue weighted by Gasteiger charge is -2.32. The van der Waals surface area contributed by atoms with Crippen molar-refractivity contribution in [2.75, 3.05) is 13.1 Å². The summed E-state index contributed by atoms with van der Waals surface area (Å²) in [5.74, 6) is -0.0740. The number of rotatable bonds is 6. The molecular weight excluding hydrogens is 422 g/mol. The molecule has 0 radical (unpaired) electrons. The van der Waals surface area contributed by atoms with Crippen LogP contribution in [0.15, 0.2) is 79.0 Å². The van der Waals surface area contributed by atoms with Crippen LogP contribution < -0.4 is 5.32 Å². The van der Waals surface area contributed by atoms with Gasteiger partial charge in [0.2, 0.25) is 0 Å². The molecule has 1 aliphatic rings. The molecule has 0 spiro atoms. The first-order chi connectivity index (χ1) is 16.6. The lowest BCUT2D eigenvalue weighted by Crippen LogP contribution is -2.44. The van der Waals surface area contributed by atoms with Crippen LogP contribution in [0.3, 0.4) is 0 Å². The Morgan fingerprint density at radius 2 is 1.74 bits per heavy atom. The highest BCUT2D eigenvalue weighted by atomic mass is 16.2. The molecule has 1 amide bonds. The molecule has 1 saturated heterocycles. The van der Waals surface area contributed by atoms with Crippen molar-refractivity contribution in [3.05, 3.63) is 95.8 Å². The molecule has 174 valence electrons. The van der Waals surface area contributed by atoms with Gasteiger partial charge in [-0.05, 0) is 55.7 Å². The molecule has 6 heteroatoms. The van der Waals surface area contributed by atoms with Gasteiger partial charge in [0, 0.05) is 38.9 Å². The van der Waals surface area contributed by atoms with E-state index in [4.69, 9.17) is 5.10 Å². The first kappa shape index (κ1) is 22.2. The SMILES string of the molecule is Cc1ccc(-n2nc(-c3cccn3C)cc2C(=O)NC2CCN(Cc3ccccc3)CC2)cc1. The van der Waals surface area contributed by atoms with Crippen molar-refractivity contribution >= 4 is 5.91 Å². The molecule has 0 bridgehead atoms. The lowest BCUT2D eigenvalue weighted by molar-refractivity contribution is 0.0901. The van der Waals surface area contributed by atoms with E-state index >= 15 is 0 Å². The number of aryl methyl sites for hydroxylation is 2. The fourth-order valence-electron chi connectivity index (χ4n) is 4.61. The van der Waals surface area contributed by atoms with Crippen LogP contribution in [-0.4, -0.2) is 44.3 Å². The molecule has 34 heavy (non-hydrogen) atoms. The number of amides is 1. The van der Waals surface area contributed by atoms with E-state index in [2.05, 4.69) is 47.5 Å². The second-order valence-corrected chi connectivity index (χ2v) is 9.18. The molecule has 0 aliphatic carbocycles. The molecule has 6 nitrogen and oxygen atoms in total. The van der Waals surface area contributed by atoms with Crippen LogP contribution in [0.5, 0.6) is 0 Å². The summed E-state index contributed by atoms with van der Waals surface area (Å²) in [5.41, 5.74) is 5.72. The average Bonchev–Trinajstić information content (AvgIpc) is 3.48. The predicted octanol–water partition coefficient (Wildman–Crippen LogP) is 4.58. The number of aromatic nitrogens is 3. The normalized spacial score (nSPS) is 14.9. The van der Waals surface area contributed by atoms with E-state index in [0.29, 0.717) is 5.69 Å². The Bertz CT molecular complexity index is 1250. The molecule has 3 heterocycles. The third kappa shape index (κ3) is 4.82. The molecule has 0 unspecified atom stereocenters. The van der Waals surface area contributed by atoms with Crippen LogP contribution in [0.1, 0.15) is 34.5 Å². The van der Waals surface area contributed by atoms with Gasteiger partial charge in [-0.1, -0.05) is 48.0 Å². The number of likely N-dealkylation sites (tertiary alicyclic amines) is 1. The summed E-state index contributed by atoms with van der Waals surface area (Å²) in [7, 11) is 1.99. The molecule has 2 aromatic carbocycles. The molecule has 1 N–H and O–H groups in total. The van der Waals surface area contributed by atoms with Crippen molar-refractivity contribution in [3.63, 3.8) is 0 Å². The van der Waals surface area contributed by atoms with Crippen LogP contribution in [0.4, 0.5) is 0 Å². The van der Waals surface area contributed by atoms with Crippen LogP contribution in [0, 0.1) is 6.92 Å². The zero-order valence-electron chi connectivity index (χ0n) is 19.8. The number of hydrogen-bond acceptors (Lipinski definition) is 3. The molecule has 1 aliphatic heterocycles. The molecular formula is C28H31N5O. The molecule has 4 aromatic rings. The number of nitrogens with one attached hydrogen (secondary N) is 1. The number of carbonyl (C=O) groups is 1. The summed E-state index contributed by atoms with van der Waals surface area (Å²) in [6.45, 7) is 4.97. The minimum atomic E-state index is -0.0740. The number of benzene rings is 2. The van der Waals surface area contributed by atoms with Gasteiger partial charge in [0.05, 0.1) is 11.4 Å². The van der Waals surface area contributed by atoms with Crippen molar-refractivity contribution in [1.82, 2.24) is 24.6 Å². The van der Waals surface area contributed by atoms with Gasteiger partial charge in [0.25, 0.3) is 5.91 Å². The maximum atomic E-state index is 13.4. The van der Waals surface area contributed by atoms with Crippen molar-refractivity contribution in [2.45, 2.75) is 32.4 Å². The van der Waals surface area contributed by atoms with Crippen LogP contribution in [0.25, 0.3) is 17.1 Å². The minimum Gasteiger partial charge on any atom is -0.349 e. The van der Waals surface area contributed by atoms with Gasteiger partial charge in [-0.15, -0.1) is 0 Å². The standard InChI is InChI=1S/C28H31N5O/c1-21-10-12-24(13-11-21)33-27(19-25(30-33)26-9-6-16-31(26)2)28(34)29-23-14-17-32(18-15-23)20-22-7-4-3-5-8-22/h3-13,16,19,23H,14-15,17-18,20H2,1-2H3,(H,29,34). The summed E-state index contributed by atoms with van der Waals surface area (Å²) in [6.07, 6.45) is 3.88. The second kappa shape index (κ2) is 9.69. The quantitative estimate of drug-likeness (QED) is 0.465. The van der Waals surface area contributed by atoms with Crippen LogP contribution in [-0.2, 0) is 13.6 Å². The summed E-state index contributed by atoms with van der Waals surface area (Å²) in [6, 6.07) is 24.7. The smallest absolute Gasteiger partial charge is 0.270 e. The Morgan fingerprint density at radius 1 is 1.00 bits per heavy atom. The minimum absolute atomic E-state index is 0.0740. The van der Waals surface area contributed by atoms with E-state index in [9.17, 15) is 4.79 Å². The Balaban J connectivity index is 1.31. The molecule has 5 rings (SSSR count). The van der Waals surface area contributed by atoms with Gasteiger partial charge in [0.1, 0.15) is 11.4 Å². The van der Waals surface area contributed by atoms with Gasteiger partial charge < -0.3 is 9.88 Å². The maximum absolute atomic E-state index is 13.4. The van der Waals surface area contributed by atoms with E-state index in [1.165, 1.54) is 11.1 Å². The first-order valence-corrected chi connectivity index (χ1v) is 11.9. The summed E-state index contributed by atoms with van der Waals surface area (Å²) in [4.78, 5) is 15.9. The fraction of sp³-hybridized carbons (Fsp3) is 0.286. The first-order valence-electron chi connectivity index (χ1n) is 11.9. The van der Waals surface area contributed by atoms with E-state index in [1.807, 2.05) is 60.3 Å². The maximum Gasteiger partial charge on any atom is 0.270 e. The van der Waals surface area contributed by atoms with Gasteiger partial charge in [0.15, 0.2) is 0 Å². The fourth-order valence-corrected chi connectivity index (χ4v) is 4.61. The zero-order chi connectivity index (χ0) is 23.5. The Kier molecular flexibility index (Phi) is 6.32. The molecule has 0 saturated carbocycles. The number of hydrogen-bond donors (Lipinski definition) is 1. The highest BCUT2D eigenvalue weighted by Gasteiger charge is 2.24. The highest BCUT2D eigenvalue weighted by Crippen LogP contribution is 2.23. The number of carbonyl (C=O) groups excluding carboxylic acids is 1. The molecule has 2 aromatic heterocycles. The Morgan fingerprint density at radius 3 is 2.41 bits per heavy atom. The second-order valence-electron chi connectivity index (χ2n) is 9.18. The lowest BCUT2D eigenvalue weighted by atomic mass is 10.0. The largest absolute Gasteiger partial charge is 0.349 e. The highest BCUT2D eigenvalue weighted by molar-refractivity contribution is 5.94. The molecule has 0 atom stereocenters. The predicted molar refractivity (Wildman–Crippen MR) is 135 cm³/mol. The van der Waals surface area contributed by atoms with Crippen LogP contribution >= 0.6 is 0 Å². The van der Waals surface area contributed by atoms with E-state index in [-0.39, 0.29) is 11.9 Å². The van der Waals surface area contributed by atoms with Crippen molar-refractivity contribution in [2.24, 2.45) is 7.05 Å². The van der Waals surface area contributed by atoms with Gasteiger partial charge in [-0.3, -0.25) is 9.69 Å². The topological polar surface area (TPSA) is 55.1 Å². The number of nitrogens with zero attached hydrogens (tertiary/aromatic N) is 4. The van der Waals surface area contributed by atoms with E-state index in [1.54, 1.807) is 4.68 Å². The average molecular weight is 454 g/mol.